The van der Waals surface area contributed by atoms with Crippen LogP contribution in [0.15, 0.2) is 42.5 Å². The van der Waals surface area contributed by atoms with Crippen LogP contribution in [0, 0.1) is 17.0 Å². The lowest BCUT2D eigenvalue weighted by Crippen LogP contribution is -2.40. The van der Waals surface area contributed by atoms with Gasteiger partial charge in [0, 0.05) is 30.8 Å². The molecule has 1 fully saturated rings. The first kappa shape index (κ1) is 18.8. The van der Waals surface area contributed by atoms with E-state index >= 15 is 0 Å². The number of nitro groups is 1. The smallest absolute Gasteiger partial charge is 0.293 e. The van der Waals surface area contributed by atoms with E-state index in [2.05, 4.69) is 5.32 Å². The molecule has 1 heterocycles. The molecule has 1 aliphatic rings. The van der Waals surface area contributed by atoms with Gasteiger partial charge in [-0.1, -0.05) is 24.3 Å². The molecule has 1 unspecified atom stereocenters. The number of rotatable bonds is 5. The van der Waals surface area contributed by atoms with Crippen molar-refractivity contribution in [2.24, 2.45) is 0 Å². The van der Waals surface area contributed by atoms with Gasteiger partial charge < -0.3 is 15.0 Å². The molecule has 0 aromatic heterocycles. The highest BCUT2D eigenvalue weighted by atomic mass is 16.6. The van der Waals surface area contributed by atoms with Gasteiger partial charge in [-0.25, -0.2) is 0 Å². The maximum atomic E-state index is 12.6. The zero-order chi connectivity index (χ0) is 19.4. The van der Waals surface area contributed by atoms with Gasteiger partial charge in [-0.05, 0) is 37.1 Å². The standard InChI is InChI=1S/C20H23N3O4/c1-14-5-3-4-6-17(14)15(2)21-18-8-7-16(13-19(18)23(25)26)20(24)22-9-11-27-12-10-22/h3-8,13,15,21H,9-12H2,1-2H3. The summed E-state index contributed by atoms with van der Waals surface area (Å²) < 4.78 is 5.25. The third kappa shape index (κ3) is 4.25. The van der Waals surface area contributed by atoms with Crippen molar-refractivity contribution >= 4 is 17.3 Å². The number of ether oxygens (including phenoxy) is 1. The highest BCUT2D eigenvalue weighted by molar-refractivity contribution is 5.95. The van der Waals surface area contributed by atoms with Gasteiger partial charge in [0.25, 0.3) is 11.6 Å². The number of carbonyl (C=O) groups is 1. The Morgan fingerprint density at radius 2 is 1.93 bits per heavy atom. The summed E-state index contributed by atoms with van der Waals surface area (Å²) in [6.45, 7) is 5.93. The number of nitro benzene ring substituents is 1. The Morgan fingerprint density at radius 3 is 2.59 bits per heavy atom. The first-order chi connectivity index (χ1) is 13.0. The Labute approximate surface area is 158 Å². The van der Waals surface area contributed by atoms with Crippen molar-refractivity contribution in [3.63, 3.8) is 0 Å². The molecule has 1 N–H and O–H groups in total. The van der Waals surface area contributed by atoms with Gasteiger partial charge >= 0.3 is 0 Å². The molecule has 1 aliphatic heterocycles. The van der Waals surface area contributed by atoms with Gasteiger partial charge in [0.2, 0.25) is 0 Å². The molecule has 0 saturated carbocycles. The molecule has 142 valence electrons. The molecule has 3 rings (SSSR count). The fraction of sp³-hybridized carbons (Fsp3) is 0.350. The van der Waals surface area contributed by atoms with Crippen LogP contribution in [-0.2, 0) is 4.74 Å². The average Bonchev–Trinajstić information content (AvgIpc) is 2.68. The van der Waals surface area contributed by atoms with Crippen molar-refractivity contribution in [1.29, 1.82) is 0 Å². The third-order valence-electron chi connectivity index (χ3n) is 4.77. The molecular weight excluding hydrogens is 346 g/mol. The monoisotopic (exact) mass is 369 g/mol. The first-order valence-electron chi connectivity index (χ1n) is 8.95. The van der Waals surface area contributed by atoms with E-state index < -0.39 is 4.92 Å². The molecule has 1 amide bonds. The number of nitrogens with zero attached hydrogens (tertiary/aromatic N) is 2. The number of anilines is 1. The number of benzene rings is 2. The highest BCUT2D eigenvalue weighted by Gasteiger charge is 2.23. The van der Waals surface area contributed by atoms with Crippen LogP contribution in [0.4, 0.5) is 11.4 Å². The first-order valence-corrected chi connectivity index (χ1v) is 8.95. The molecular formula is C20H23N3O4. The zero-order valence-corrected chi connectivity index (χ0v) is 15.5. The van der Waals surface area contributed by atoms with Crippen molar-refractivity contribution in [2.45, 2.75) is 19.9 Å². The Balaban J connectivity index is 1.84. The minimum atomic E-state index is -0.455. The van der Waals surface area contributed by atoms with Gasteiger partial charge in [0.1, 0.15) is 5.69 Å². The fourth-order valence-corrected chi connectivity index (χ4v) is 3.27. The predicted molar refractivity (Wildman–Crippen MR) is 103 cm³/mol. The van der Waals surface area contributed by atoms with Crippen molar-refractivity contribution in [2.75, 3.05) is 31.6 Å². The Hall–Kier alpha value is -2.93. The molecule has 0 spiro atoms. The SMILES string of the molecule is Cc1ccccc1C(C)Nc1ccc(C(=O)N2CCOCC2)cc1[N+](=O)[O-]. The maximum Gasteiger partial charge on any atom is 0.293 e. The normalized spacial score (nSPS) is 15.3. The van der Waals surface area contributed by atoms with E-state index in [0.29, 0.717) is 37.6 Å². The van der Waals surface area contributed by atoms with Crippen molar-refractivity contribution in [1.82, 2.24) is 4.90 Å². The fourth-order valence-electron chi connectivity index (χ4n) is 3.27. The summed E-state index contributed by atoms with van der Waals surface area (Å²) in [5, 5.41) is 14.8. The Bertz CT molecular complexity index is 847. The number of hydrogen-bond acceptors (Lipinski definition) is 5. The number of hydrogen-bond donors (Lipinski definition) is 1. The third-order valence-corrected chi connectivity index (χ3v) is 4.77. The van der Waals surface area contributed by atoms with Crippen molar-refractivity contribution in [3.05, 3.63) is 69.3 Å². The second kappa shape index (κ2) is 8.18. The summed E-state index contributed by atoms with van der Waals surface area (Å²) in [7, 11) is 0. The highest BCUT2D eigenvalue weighted by Crippen LogP contribution is 2.30. The molecule has 2 aromatic carbocycles. The summed E-state index contributed by atoms with van der Waals surface area (Å²) in [5.41, 5.74) is 2.79. The quantitative estimate of drug-likeness (QED) is 0.643. The number of morpholine rings is 1. The van der Waals surface area contributed by atoms with E-state index in [4.69, 9.17) is 4.74 Å². The number of aryl methyl sites for hydroxylation is 1. The molecule has 27 heavy (non-hydrogen) atoms. The zero-order valence-electron chi connectivity index (χ0n) is 15.5. The summed E-state index contributed by atoms with van der Waals surface area (Å²) in [6.07, 6.45) is 0. The number of nitrogens with one attached hydrogen (secondary N) is 1. The number of amides is 1. The van der Waals surface area contributed by atoms with Gasteiger partial charge in [-0.3, -0.25) is 14.9 Å². The molecule has 7 nitrogen and oxygen atoms in total. The van der Waals surface area contributed by atoms with E-state index in [1.165, 1.54) is 6.07 Å². The molecule has 1 saturated heterocycles. The van der Waals surface area contributed by atoms with Crippen LogP contribution in [0.2, 0.25) is 0 Å². The van der Waals surface area contributed by atoms with E-state index in [9.17, 15) is 14.9 Å². The lowest BCUT2D eigenvalue weighted by molar-refractivity contribution is -0.384. The van der Waals surface area contributed by atoms with Gasteiger partial charge in [0.15, 0.2) is 0 Å². The van der Waals surface area contributed by atoms with Crippen LogP contribution in [0.3, 0.4) is 0 Å². The van der Waals surface area contributed by atoms with Gasteiger partial charge in [-0.2, -0.15) is 0 Å². The Kier molecular flexibility index (Phi) is 5.71. The van der Waals surface area contributed by atoms with Crippen LogP contribution < -0.4 is 5.32 Å². The largest absolute Gasteiger partial charge is 0.378 e. The average molecular weight is 369 g/mol. The van der Waals surface area contributed by atoms with E-state index in [1.807, 2.05) is 38.1 Å². The predicted octanol–water partition coefficient (Wildman–Crippen LogP) is 3.55. The van der Waals surface area contributed by atoms with E-state index in [1.54, 1.807) is 17.0 Å². The summed E-state index contributed by atoms with van der Waals surface area (Å²) in [4.78, 5) is 25.4. The lowest BCUT2D eigenvalue weighted by Gasteiger charge is -2.27. The topological polar surface area (TPSA) is 84.7 Å². The van der Waals surface area contributed by atoms with Crippen LogP contribution >= 0.6 is 0 Å². The molecule has 7 heteroatoms. The van der Waals surface area contributed by atoms with E-state index in [0.717, 1.165) is 11.1 Å². The molecule has 0 radical (unpaired) electrons. The van der Waals surface area contributed by atoms with Crippen LogP contribution in [-0.4, -0.2) is 42.0 Å². The van der Waals surface area contributed by atoms with Crippen molar-refractivity contribution < 1.29 is 14.5 Å². The molecule has 0 aliphatic carbocycles. The second-order valence-corrected chi connectivity index (χ2v) is 6.62. The van der Waals surface area contributed by atoms with Crippen LogP contribution in [0.5, 0.6) is 0 Å². The maximum absolute atomic E-state index is 12.6. The molecule has 2 aromatic rings. The van der Waals surface area contributed by atoms with Gasteiger partial charge in [0.05, 0.1) is 18.1 Å². The summed E-state index contributed by atoms with van der Waals surface area (Å²) >= 11 is 0. The number of carbonyl (C=O) groups excluding carboxylic acids is 1. The van der Waals surface area contributed by atoms with Crippen LogP contribution in [0.1, 0.15) is 34.5 Å². The minimum Gasteiger partial charge on any atom is -0.378 e. The molecule has 1 atom stereocenters. The van der Waals surface area contributed by atoms with Gasteiger partial charge in [-0.15, -0.1) is 0 Å². The van der Waals surface area contributed by atoms with Crippen LogP contribution in [0.25, 0.3) is 0 Å². The summed E-state index contributed by atoms with van der Waals surface area (Å²) in [6, 6.07) is 12.4. The Morgan fingerprint density at radius 1 is 1.22 bits per heavy atom. The van der Waals surface area contributed by atoms with E-state index in [-0.39, 0.29) is 17.6 Å². The second-order valence-electron chi connectivity index (χ2n) is 6.62. The lowest BCUT2D eigenvalue weighted by atomic mass is 10.0. The minimum absolute atomic E-state index is 0.102. The summed E-state index contributed by atoms with van der Waals surface area (Å²) in [5.74, 6) is -0.208. The van der Waals surface area contributed by atoms with Crippen molar-refractivity contribution in [3.8, 4) is 0 Å². The molecule has 0 bridgehead atoms.